The van der Waals surface area contributed by atoms with Crippen LogP contribution >= 0.6 is 45.9 Å². The molecule has 0 unspecified atom stereocenters. The predicted octanol–water partition coefficient (Wildman–Crippen LogP) is 7.19. The lowest BCUT2D eigenvalue weighted by atomic mass is 10.1. The lowest BCUT2D eigenvalue weighted by Gasteiger charge is -2.07. The van der Waals surface area contributed by atoms with Crippen molar-refractivity contribution >= 4 is 87.7 Å². The van der Waals surface area contributed by atoms with Gasteiger partial charge in [0.1, 0.15) is 4.88 Å². The fraction of sp³-hybridized carbons (Fsp3) is 0. The van der Waals surface area contributed by atoms with Crippen molar-refractivity contribution in [3.8, 4) is 0 Å². The molecule has 3 nitrogen and oxygen atoms in total. The van der Waals surface area contributed by atoms with Crippen molar-refractivity contribution in [2.45, 2.75) is 0 Å². The van der Waals surface area contributed by atoms with Gasteiger partial charge in [-0.25, -0.2) is 0 Å². The van der Waals surface area contributed by atoms with Crippen molar-refractivity contribution in [2.24, 2.45) is 0 Å². The van der Waals surface area contributed by atoms with Crippen LogP contribution in [0.2, 0.25) is 10.0 Å². The first-order valence-electron chi connectivity index (χ1n) is 8.66. The Hall–Kier alpha value is -2.44. The monoisotopic (exact) mass is 455 g/mol. The van der Waals surface area contributed by atoms with Gasteiger partial charge < -0.3 is 5.32 Å². The zero-order chi connectivity index (χ0) is 20.1. The third-order valence-corrected chi connectivity index (χ3v) is 7.69. The van der Waals surface area contributed by atoms with Crippen molar-refractivity contribution in [1.82, 2.24) is 0 Å². The lowest BCUT2D eigenvalue weighted by Crippen LogP contribution is -2.11. The third-order valence-electron chi connectivity index (χ3n) is 4.63. The molecule has 5 aromatic rings. The first-order chi connectivity index (χ1) is 14.0. The molecule has 2 heterocycles. The minimum absolute atomic E-state index is 0.104. The van der Waals surface area contributed by atoms with Crippen molar-refractivity contribution < 1.29 is 4.79 Å². The molecule has 0 radical (unpaired) electrons. The second-order valence-corrected chi connectivity index (χ2v) is 9.43. The first kappa shape index (κ1) is 18.6. The quantitative estimate of drug-likeness (QED) is 0.286. The number of benzene rings is 3. The Morgan fingerprint density at radius 1 is 0.793 bits per heavy atom. The van der Waals surface area contributed by atoms with E-state index in [1.165, 1.54) is 22.7 Å². The van der Waals surface area contributed by atoms with E-state index in [4.69, 9.17) is 23.2 Å². The highest BCUT2D eigenvalue weighted by molar-refractivity contribution is 7.24. The summed E-state index contributed by atoms with van der Waals surface area (Å²) in [5.41, 5.74) is 0.439. The number of anilines is 1. The van der Waals surface area contributed by atoms with Crippen LogP contribution in [0.25, 0.3) is 30.3 Å². The number of carbonyl (C=O) groups is 1. The van der Waals surface area contributed by atoms with Crippen molar-refractivity contribution in [3.63, 3.8) is 0 Å². The molecular formula is C22H11Cl2NO2S2. The number of rotatable bonds is 2. The molecule has 2 aromatic heterocycles. The molecule has 3 aromatic carbocycles. The lowest BCUT2D eigenvalue weighted by molar-refractivity contribution is 0.103. The molecule has 29 heavy (non-hydrogen) atoms. The van der Waals surface area contributed by atoms with E-state index in [1.807, 2.05) is 36.4 Å². The SMILES string of the molecule is O=C(Nc1ccc2sc3ccc(Cl)cc3c(=O)c2c1)c1sc2ccccc2c1Cl. The molecule has 0 atom stereocenters. The van der Waals surface area contributed by atoms with Crippen LogP contribution in [-0.2, 0) is 0 Å². The van der Waals surface area contributed by atoms with E-state index in [2.05, 4.69) is 5.32 Å². The Labute approximate surface area is 183 Å². The molecule has 0 saturated heterocycles. The van der Waals surface area contributed by atoms with E-state index in [0.717, 1.165) is 19.5 Å². The number of halogens is 2. The van der Waals surface area contributed by atoms with E-state index in [0.29, 0.717) is 31.4 Å². The van der Waals surface area contributed by atoms with Crippen LogP contribution in [0, 0.1) is 0 Å². The van der Waals surface area contributed by atoms with Crippen molar-refractivity contribution in [2.75, 3.05) is 5.32 Å². The summed E-state index contributed by atoms with van der Waals surface area (Å²) in [6.45, 7) is 0. The summed E-state index contributed by atoms with van der Waals surface area (Å²) in [6, 6.07) is 18.3. The topological polar surface area (TPSA) is 46.2 Å². The molecule has 0 aliphatic carbocycles. The molecule has 142 valence electrons. The standard InChI is InChI=1S/C22H11Cl2NO2S2/c23-11-5-7-17-14(9-11)20(26)15-10-12(6-8-18(15)28-17)25-22(27)21-19(24)13-3-1-2-4-16(13)29-21/h1-10H,(H,25,27). The summed E-state index contributed by atoms with van der Waals surface area (Å²) in [6.07, 6.45) is 0. The fourth-order valence-corrected chi connectivity index (χ4v) is 5.87. The molecule has 7 heteroatoms. The molecule has 0 spiro atoms. The van der Waals surface area contributed by atoms with Gasteiger partial charge in [-0.2, -0.15) is 0 Å². The molecule has 1 amide bonds. The molecule has 0 fully saturated rings. The molecular weight excluding hydrogens is 445 g/mol. The van der Waals surface area contributed by atoms with E-state index in [-0.39, 0.29) is 11.3 Å². The number of thiophene rings is 1. The van der Waals surface area contributed by atoms with Crippen LogP contribution in [-0.4, -0.2) is 5.91 Å². The highest BCUT2D eigenvalue weighted by Crippen LogP contribution is 2.36. The van der Waals surface area contributed by atoms with Gasteiger partial charge in [-0.15, -0.1) is 22.7 Å². The molecule has 0 aliphatic heterocycles. The predicted molar refractivity (Wildman–Crippen MR) is 125 cm³/mol. The molecule has 0 aliphatic rings. The minimum Gasteiger partial charge on any atom is -0.321 e. The van der Waals surface area contributed by atoms with Crippen LogP contribution in [0.15, 0.2) is 65.5 Å². The van der Waals surface area contributed by atoms with Gasteiger partial charge in [0.25, 0.3) is 5.91 Å². The Morgan fingerprint density at radius 3 is 2.28 bits per heavy atom. The summed E-state index contributed by atoms with van der Waals surface area (Å²) in [4.78, 5) is 26.2. The number of carbonyl (C=O) groups excluding carboxylic acids is 1. The number of hydrogen-bond acceptors (Lipinski definition) is 4. The average Bonchev–Trinajstić information content (AvgIpc) is 3.06. The van der Waals surface area contributed by atoms with E-state index in [9.17, 15) is 9.59 Å². The molecule has 0 bridgehead atoms. The largest absolute Gasteiger partial charge is 0.321 e. The summed E-state index contributed by atoms with van der Waals surface area (Å²) in [5.74, 6) is -0.296. The zero-order valence-corrected chi connectivity index (χ0v) is 17.8. The Balaban J connectivity index is 1.57. The first-order valence-corrected chi connectivity index (χ1v) is 11.0. The van der Waals surface area contributed by atoms with Crippen LogP contribution in [0.4, 0.5) is 5.69 Å². The zero-order valence-electron chi connectivity index (χ0n) is 14.7. The molecule has 5 rings (SSSR count). The van der Waals surface area contributed by atoms with Gasteiger partial charge in [-0.3, -0.25) is 9.59 Å². The second-order valence-electron chi connectivity index (χ2n) is 6.48. The second kappa shape index (κ2) is 7.11. The Bertz CT molecular complexity index is 1500. The fourth-order valence-electron chi connectivity index (χ4n) is 3.25. The van der Waals surface area contributed by atoms with Gasteiger partial charge in [0, 0.05) is 41.0 Å². The van der Waals surface area contributed by atoms with Crippen molar-refractivity contribution in [1.29, 1.82) is 0 Å². The van der Waals surface area contributed by atoms with Gasteiger partial charge in [0.05, 0.1) is 5.02 Å². The van der Waals surface area contributed by atoms with Gasteiger partial charge in [-0.1, -0.05) is 41.4 Å². The van der Waals surface area contributed by atoms with Crippen LogP contribution in [0.5, 0.6) is 0 Å². The number of hydrogen-bond donors (Lipinski definition) is 1. The number of amides is 1. The maximum atomic E-state index is 12.9. The summed E-state index contributed by atoms with van der Waals surface area (Å²) < 4.78 is 2.68. The van der Waals surface area contributed by atoms with Crippen molar-refractivity contribution in [3.05, 3.63) is 85.8 Å². The van der Waals surface area contributed by atoms with E-state index < -0.39 is 0 Å². The number of fused-ring (bicyclic) bond motifs is 3. The van der Waals surface area contributed by atoms with Gasteiger partial charge in [0.15, 0.2) is 5.43 Å². The van der Waals surface area contributed by atoms with Crippen LogP contribution < -0.4 is 10.7 Å². The van der Waals surface area contributed by atoms with Gasteiger partial charge >= 0.3 is 0 Å². The van der Waals surface area contributed by atoms with Crippen LogP contribution in [0.1, 0.15) is 9.67 Å². The summed E-state index contributed by atoms with van der Waals surface area (Å²) in [7, 11) is 0. The molecule has 0 saturated carbocycles. The Kier molecular flexibility index (Phi) is 4.56. The summed E-state index contributed by atoms with van der Waals surface area (Å²) in [5, 5.41) is 5.80. The van der Waals surface area contributed by atoms with E-state index >= 15 is 0 Å². The summed E-state index contributed by atoms with van der Waals surface area (Å²) >= 11 is 15.3. The number of nitrogens with one attached hydrogen (secondary N) is 1. The maximum Gasteiger partial charge on any atom is 0.267 e. The average molecular weight is 456 g/mol. The normalized spacial score (nSPS) is 11.4. The Morgan fingerprint density at radius 2 is 1.48 bits per heavy atom. The molecule has 1 N–H and O–H groups in total. The maximum absolute atomic E-state index is 12.9. The minimum atomic E-state index is -0.296. The van der Waals surface area contributed by atoms with E-state index in [1.54, 1.807) is 24.3 Å². The van der Waals surface area contributed by atoms with Crippen LogP contribution in [0.3, 0.4) is 0 Å². The smallest absolute Gasteiger partial charge is 0.267 e. The van der Waals surface area contributed by atoms with Gasteiger partial charge in [-0.05, 0) is 42.5 Å². The third kappa shape index (κ3) is 3.20. The highest BCUT2D eigenvalue weighted by Gasteiger charge is 2.17. The van der Waals surface area contributed by atoms with Gasteiger partial charge in [0.2, 0.25) is 0 Å². The highest BCUT2D eigenvalue weighted by atomic mass is 35.5.